The molecule has 15 heavy (non-hydrogen) atoms. The van der Waals surface area contributed by atoms with Crippen LogP contribution in [-0.4, -0.2) is 4.57 Å². The maximum atomic E-state index is 11.6. The number of nitrogens with two attached hydrogens (primary N) is 1. The first-order chi connectivity index (χ1) is 7.15. The quantitative estimate of drug-likeness (QED) is 0.758. The van der Waals surface area contributed by atoms with E-state index in [0.717, 1.165) is 6.42 Å². The van der Waals surface area contributed by atoms with Gasteiger partial charge in [0.1, 0.15) is 17.7 Å². The summed E-state index contributed by atoms with van der Waals surface area (Å²) in [5.74, 6) is 0. The zero-order chi connectivity index (χ0) is 11.4. The number of hydrogen-bond donors (Lipinski definition) is 1. The Labute approximate surface area is 87.0 Å². The van der Waals surface area contributed by atoms with Crippen molar-refractivity contribution >= 4 is 5.69 Å². The smallest absolute Gasteiger partial charge is 0.270 e. The van der Waals surface area contributed by atoms with Gasteiger partial charge in [0.2, 0.25) is 0 Å². The lowest BCUT2D eigenvalue weighted by atomic mass is 10.1. The summed E-state index contributed by atoms with van der Waals surface area (Å²) in [7, 11) is 0. The van der Waals surface area contributed by atoms with E-state index in [0.29, 0.717) is 6.54 Å². The van der Waals surface area contributed by atoms with Gasteiger partial charge in [0.15, 0.2) is 0 Å². The fourth-order valence-electron chi connectivity index (χ4n) is 1.28. The summed E-state index contributed by atoms with van der Waals surface area (Å²) < 4.78 is 1.34. The number of aryl methyl sites for hydroxylation is 1. The highest BCUT2D eigenvalue weighted by Gasteiger charge is 2.12. The SMILES string of the molecule is CCCn1cc(C#N)c(N)c(C#N)c1=O. The Morgan fingerprint density at radius 3 is 2.60 bits per heavy atom. The molecule has 1 rings (SSSR count). The highest BCUT2D eigenvalue weighted by molar-refractivity contribution is 5.62. The minimum absolute atomic E-state index is 0.0302. The summed E-state index contributed by atoms with van der Waals surface area (Å²) in [5.41, 5.74) is 5.06. The molecule has 0 spiro atoms. The van der Waals surface area contributed by atoms with Crippen LogP contribution < -0.4 is 11.3 Å². The highest BCUT2D eigenvalue weighted by Crippen LogP contribution is 2.11. The first-order valence-electron chi connectivity index (χ1n) is 4.48. The fourth-order valence-corrected chi connectivity index (χ4v) is 1.28. The van der Waals surface area contributed by atoms with Crippen molar-refractivity contribution < 1.29 is 0 Å². The van der Waals surface area contributed by atoms with Gasteiger partial charge in [0.05, 0.1) is 11.3 Å². The van der Waals surface area contributed by atoms with Crippen LogP contribution in [0, 0.1) is 22.7 Å². The molecular weight excluding hydrogens is 192 g/mol. The van der Waals surface area contributed by atoms with Crippen molar-refractivity contribution in [2.24, 2.45) is 0 Å². The molecule has 76 valence electrons. The third kappa shape index (κ3) is 1.82. The number of nitriles is 2. The summed E-state index contributed by atoms with van der Waals surface area (Å²) in [6, 6.07) is 3.59. The molecule has 5 heteroatoms. The van der Waals surface area contributed by atoms with E-state index < -0.39 is 5.56 Å². The standard InChI is InChI=1S/C10H10N4O/c1-2-3-14-6-7(4-11)9(13)8(5-12)10(14)15/h6H,2-3,13H2,1H3. The van der Waals surface area contributed by atoms with Crippen molar-refractivity contribution in [2.45, 2.75) is 19.9 Å². The van der Waals surface area contributed by atoms with Crippen LogP contribution in [0.5, 0.6) is 0 Å². The second-order valence-electron chi connectivity index (χ2n) is 3.05. The van der Waals surface area contributed by atoms with E-state index in [9.17, 15) is 4.79 Å². The summed E-state index contributed by atoms with van der Waals surface area (Å²) in [6.45, 7) is 2.38. The number of aromatic nitrogens is 1. The van der Waals surface area contributed by atoms with Crippen LogP contribution in [-0.2, 0) is 6.54 Å². The lowest BCUT2D eigenvalue weighted by molar-refractivity contribution is 0.652. The number of rotatable bonds is 2. The van der Waals surface area contributed by atoms with Crippen LogP contribution in [0.4, 0.5) is 5.69 Å². The van der Waals surface area contributed by atoms with E-state index in [1.807, 2.05) is 13.0 Å². The monoisotopic (exact) mass is 202 g/mol. The number of pyridine rings is 1. The van der Waals surface area contributed by atoms with Crippen LogP contribution in [0.15, 0.2) is 11.0 Å². The van der Waals surface area contributed by atoms with E-state index >= 15 is 0 Å². The summed E-state index contributed by atoms with van der Waals surface area (Å²) in [6.07, 6.45) is 2.14. The first kappa shape index (κ1) is 10.8. The maximum absolute atomic E-state index is 11.6. The van der Waals surface area contributed by atoms with Crippen LogP contribution in [0.25, 0.3) is 0 Å². The Balaban J connectivity index is 3.55. The van der Waals surface area contributed by atoms with E-state index in [-0.39, 0.29) is 16.8 Å². The Morgan fingerprint density at radius 2 is 2.13 bits per heavy atom. The minimum atomic E-state index is -0.434. The molecule has 0 unspecified atom stereocenters. The molecule has 0 atom stereocenters. The number of hydrogen-bond acceptors (Lipinski definition) is 4. The number of nitrogens with zero attached hydrogens (tertiary/aromatic N) is 3. The molecule has 0 aliphatic heterocycles. The van der Waals surface area contributed by atoms with Gasteiger partial charge >= 0.3 is 0 Å². The second kappa shape index (κ2) is 4.30. The third-order valence-electron chi connectivity index (χ3n) is 2.02. The summed E-state index contributed by atoms with van der Waals surface area (Å²) in [4.78, 5) is 11.6. The lowest BCUT2D eigenvalue weighted by Gasteiger charge is -2.07. The molecule has 5 nitrogen and oxygen atoms in total. The van der Waals surface area contributed by atoms with Crippen LogP contribution in [0.3, 0.4) is 0 Å². The Hall–Kier alpha value is -2.27. The molecular formula is C10H10N4O. The van der Waals surface area contributed by atoms with Gasteiger partial charge in [-0.3, -0.25) is 4.79 Å². The van der Waals surface area contributed by atoms with E-state index in [1.165, 1.54) is 10.8 Å². The maximum Gasteiger partial charge on any atom is 0.270 e. The zero-order valence-electron chi connectivity index (χ0n) is 8.32. The van der Waals surface area contributed by atoms with Crippen molar-refractivity contribution in [3.63, 3.8) is 0 Å². The molecule has 0 amide bonds. The van der Waals surface area contributed by atoms with E-state index in [2.05, 4.69) is 0 Å². The first-order valence-corrected chi connectivity index (χ1v) is 4.48. The lowest BCUT2D eigenvalue weighted by Crippen LogP contribution is -2.24. The van der Waals surface area contributed by atoms with Gasteiger partial charge < -0.3 is 10.3 Å². The Bertz CT molecular complexity index is 516. The van der Waals surface area contributed by atoms with E-state index in [4.69, 9.17) is 16.3 Å². The molecule has 0 fully saturated rings. The van der Waals surface area contributed by atoms with Gasteiger partial charge in [-0.15, -0.1) is 0 Å². The average molecular weight is 202 g/mol. The number of anilines is 1. The summed E-state index contributed by atoms with van der Waals surface area (Å²) >= 11 is 0. The Kier molecular flexibility index (Phi) is 3.10. The molecule has 1 heterocycles. The van der Waals surface area contributed by atoms with Gasteiger partial charge in [0, 0.05) is 12.7 Å². The predicted octanol–water partition coefficient (Wildman–Crippen LogP) is 0.584. The normalized spacial score (nSPS) is 9.27. The fraction of sp³-hybridized carbons (Fsp3) is 0.300. The van der Waals surface area contributed by atoms with Crippen molar-refractivity contribution in [3.05, 3.63) is 27.7 Å². The molecule has 1 aromatic heterocycles. The van der Waals surface area contributed by atoms with Crippen LogP contribution in [0.2, 0.25) is 0 Å². The largest absolute Gasteiger partial charge is 0.396 e. The van der Waals surface area contributed by atoms with Gasteiger partial charge in [-0.2, -0.15) is 10.5 Å². The molecule has 0 bridgehead atoms. The van der Waals surface area contributed by atoms with Gasteiger partial charge in [-0.05, 0) is 6.42 Å². The Morgan fingerprint density at radius 1 is 1.47 bits per heavy atom. The highest BCUT2D eigenvalue weighted by atomic mass is 16.1. The molecule has 1 aromatic rings. The van der Waals surface area contributed by atoms with Crippen molar-refractivity contribution in [2.75, 3.05) is 5.73 Å². The van der Waals surface area contributed by atoms with Gasteiger partial charge in [-0.25, -0.2) is 0 Å². The van der Waals surface area contributed by atoms with Crippen LogP contribution in [0.1, 0.15) is 24.5 Å². The molecule has 0 saturated carbocycles. The molecule has 0 aromatic carbocycles. The van der Waals surface area contributed by atoms with Crippen LogP contribution >= 0.6 is 0 Å². The zero-order valence-corrected chi connectivity index (χ0v) is 8.32. The topological polar surface area (TPSA) is 95.6 Å². The third-order valence-corrected chi connectivity index (χ3v) is 2.02. The molecule has 0 radical (unpaired) electrons. The molecule has 0 aliphatic carbocycles. The minimum Gasteiger partial charge on any atom is -0.396 e. The molecule has 0 aliphatic rings. The average Bonchev–Trinajstić information content (AvgIpc) is 2.23. The van der Waals surface area contributed by atoms with Crippen molar-refractivity contribution in [3.8, 4) is 12.1 Å². The van der Waals surface area contributed by atoms with Crippen molar-refractivity contribution in [1.29, 1.82) is 10.5 Å². The second-order valence-corrected chi connectivity index (χ2v) is 3.05. The van der Waals surface area contributed by atoms with E-state index in [1.54, 1.807) is 6.07 Å². The predicted molar refractivity (Wildman–Crippen MR) is 54.8 cm³/mol. The van der Waals surface area contributed by atoms with Gasteiger partial charge in [0.25, 0.3) is 5.56 Å². The van der Waals surface area contributed by atoms with Crippen molar-refractivity contribution in [1.82, 2.24) is 4.57 Å². The molecule has 2 N–H and O–H groups in total. The number of nitrogen functional groups attached to an aromatic ring is 1. The van der Waals surface area contributed by atoms with Gasteiger partial charge in [-0.1, -0.05) is 6.92 Å². The molecule has 0 saturated heterocycles. The summed E-state index contributed by atoms with van der Waals surface area (Å²) in [5, 5.41) is 17.5.